The molecule has 0 atom stereocenters. The number of fused-ring (bicyclic) bond motifs is 1. The molecule has 106 valence electrons. The lowest BCUT2D eigenvalue weighted by atomic mass is 9.83. The minimum Gasteiger partial charge on any atom is -0.381 e. The van der Waals surface area contributed by atoms with E-state index in [1.807, 2.05) is 6.33 Å². The minimum absolute atomic E-state index is 0.122. The van der Waals surface area contributed by atoms with Crippen molar-refractivity contribution in [3.8, 4) is 0 Å². The summed E-state index contributed by atoms with van der Waals surface area (Å²) in [6.45, 7) is 3.31. The van der Waals surface area contributed by atoms with Gasteiger partial charge >= 0.3 is 0 Å². The first-order valence-electron chi connectivity index (χ1n) is 7.15. The predicted molar refractivity (Wildman–Crippen MR) is 77.5 cm³/mol. The molecule has 0 aromatic carbocycles. The van der Waals surface area contributed by atoms with Gasteiger partial charge in [0.05, 0.1) is 12.5 Å². The first-order chi connectivity index (χ1) is 9.63. The van der Waals surface area contributed by atoms with E-state index in [0.717, 1.165) is 23.9 Å². The molecule has 1 saturated carbocycles. The molecule has 2 aromatic heterocycles. The average Bonchev–Trinajstić information content (AvgIpc) is 2.84. The van der Waals surface area contributed by atoms with Crippen molar-refractivity contribution in [2.75, 3.05) is 0 Å². The van der Waals surface area contributed by atoms with Crippen LogP contribution in [-0.2, 0) is 6.54 Å². The van der Waals surface area contributed by atoms with Gasteiger partial charge in [-0.1, -0.05) is 19.8 Å². The van der Waals surface area contributed by atoms with Crippen molar-refractivity contribution in [1.29, 1.82) is 5.41 Å². The Morgan fingerprint density at radius 1 is 1.35 bits per heavy atom. The van der Waals surface area contributed by atoms with Crippen molar-refractivity contribution in [3.63, 3.8) is 0 Å². The fourth-order valence-corrected chi connectivity index (χ4v) is 2.92. The topological polar surface area (TPSA) is 93.5 Å². The Morgan fingerprint density at radius 3 is 2.80 bits per heavy atom. The van der Waals surface area contributed by atoms with Gasteiger partial charge < -0.3 is 10.3 Å². The molecule has 1 fully saturated rings. The van der Waals surface area contributed by atoms with Crippen LogP contribution in [0, 0.1) is 17.2 Å². The molecule has 0 radical (unpaired) electrons. The lowest BCUT2D eigenvalue weighted by Crippen LogP contribution is -2.18. The van der Waals surface area contributed by atoms with E-state index in [9.17, 15) is 0 Å². The third-order valence-corrected chi connectivity index (χ3v) is 4.21. The third-order valence-electron chi connectivity index (χ3n) is 4.21. The van der Waals surface area contributed by atoms with E-state index < -0.39 is 0 Å². The van der Waals surface area contributed by atoms with Crippen LogP contribution in [0.2, 0.25) is 0 Å². The number of nitrogen functional groups attached to an aromatic ring is 1. The summed E-state index contributed by atoms with van der Waals surface area (Å²) in [5.74, 6) is 1.71. The van der Waals surface area contributed by atoms with Gasteiger partial charge in [-0.15, -0.1) is 0 Å². The number of rotatable bonds is 3. The van der Waals surface area contributed by atoms with E-state index in [4.69, 9.17) is 11.1 Å². The first kappa shape index (κ1) is 13.0. The average molecular weight is 272 g/mol. The van der Waals surface area contributed by atoms with Crippen LogP contribution < -0.4 is 5.73 Å². The largest absolute Gasteiger partial charge is 0.381 e. The van der Waals surface area contributed by atoms with Gasteiger partial charge in [0.1, 0.15) is 5.52 Å². The second-order valence-electron chi connectivity index (χ2n) is 5.84. The van der Waals surface area contributed by atoms with Crippen LogP contribution in [0.5, 0.6) is 0 Å². The summed E-state index contributed by atoms with van der Waals surface area (Å²) < 4.78 is 2.12. The number of hydrogen-bond acceptors (Lipinski definition) is 4. The number of nitrogens with two attached hydrogens (primary N) is 1. The molecule has 3 N–H and O–H groups in total. The molecule has 0 aliphatic heterocycles. The molecule has 1 aliphatic carbocycles. The predicted octanol–water partition coefficient (Wildman–Crippen LogP) is 1.94. The minimum atomic E-state index is -0.122. The summed E-state index contributed by atoms with van der Waals surface area (Å²) in [6.07, 6.45) is 8.75. The molecule has 0 bridgehead atoms. The normalized spacial score (nSPS) is 23.1. The van der Waals surface area contributed by atoms with Crippen LogP contribution in [0.15, 0.2) is 12.5 Å². The molecule has 6 nitrogen and oxygen atoms in total. The Kier molecular flexibility index (Phi) is 3.38. The van der Waals surface area contributed by atoms with E-state index >= 15 is 0 Å². The zero-order valence-electron chi connectivity index (χ0n) is 11.7. The molecule has 2 heterocycles. The molecule has 0 spiro atoms. The quantitative estimate of drug-likeness (QED) is 0.659. The SMILES string of the molecule is CC1CCC(Cn2cnc3nc(C(=N)N)ncc32)CC1. The van der Waals surface area contributed by atoms with Crippen molar-refractivity contribution in [2.24, 2.45) is 17.6 Å². The highest BCUT2D eigenvalue weighted by Crippen LogP contribution is 2.29. The number of amidine groups is 1. The molecule has 0 amide bonds. The highest BCUT2D eigenvalue weighted by molar-refractivity contribution is 5.92. The van der Waals surface area contributed by atoms with Crippen molar-refractivity contribution in [3.05, 3.63) is 18.3 Å². The highest BCUT2D eigenvalue weighted by Gasteiger charge is 2.19. The lowest BCUT2D eigenvalue weighted by Gasteiger charge is -2.26. The third kappa shape index (κ3) is 2.50. The maximum absolute atomic E-state index is 7.36. The van der Waals surface area contributed by atoms with Crippen molar-refractivity contribution in [1.82, 2.24) is 19.5 Å². The second kappa shape index (κ2) is 5.19. The molecule has 3 rings (SSSR count). The van der Waals surface area contributed by atoms with Gasteiger partial charge in [0, 0.05) is 6.54 Å². The van der Waals surface area contributed by atoms with Gasteiger partial charge in [0.25, 0.3) is 0 Å². The molecular formula is C14H20N6. The second-order valence-corrected chi connectivity index (χ2v) is 5.84. The Bertz CT molecular complexity index is 624. The van der Waals surface area contributed by atoms with Crippen LogP contribution in [0.25, 0.3) is 11.2 Å². The number of hydrogen-bond donors (Lipinski definition) is 2. The molecular weight excluding hydrogens is 252 g/mol. The monoisotopic (exact) mass is 272 g/mol. The van der Waals surface area contributed by atoms with Crippen LogP contribution in [-0.4, -0.2) is 25.4 Å². The summed E-state index contributed by atoms with van der Waals surface area (Å²) >= 11 is 0. The van der Waals surface area contributed by atoms with E-state index in [1.54, 1.807) is 6.20 Å². The van der Waals surface area contributed by atoms with E-state index in [0.29, 0.717) is 5.65 Å². The Labute approximate surface area is 117 Å². The fraction of sp³-hybridized carbons (Fsp3) is 0.571. The van der Waals surface area contributed by atoms with Gasteiger partial charge in [0.2, 0.25) is 0 Å². The zero-order valence-corrected chi connectivity index (χ0v) is 11.7. The summed E-state index contributed by atoms with van der Waals surface area (Å²) in [6, 6.07) is 0. The molecule has 0 saturated heterocycles. The van der Waals surface area contributed by atoms with Gasteiger partial charge in [-0.25, -0.2) is 15.0 Å². The maximum atomic E-state index is 7.36. The summed E-state index contributed by atoms with van der Waals surface area (Å²) in [7, 11) is 0. The van der Waals surface area contributed by atoms with Crippen LogP contribution in [0.4, 0.5) is 0 Å². The first-order valence-corrected chi connectivity index (χ1v) is 7.15. The van der Waals surface area contributed by atoms with Crippen LogP contribution >= 0.6 is 0 Å². The zero-order chi connectivity index (χ0) is 14.1. The fourth-order valence-electron chi connectivity index (χ4n) is 2.92. The Hall–Kier alpha value is -1.98. The van der Waals surface area contributed by atoms with Gasteiger partial charge in [-0.05, 0) is 24.7 Å². The molecule has 20 heavy (non-hydrogen) atoms. The van der Waals surface area contributed by atoms with Crippen LogP contribution in [0.3, 0.4) is 0 Å². The smallest absolute Gasteiger partial charge is 0.196 e. The van der Waals surface area contributed by atoms with Crippen molar-refractivity contribution < 1.29 is 0 Å². The van der Waals surface area contributed by atoms with Crippen LogP contribution in [0.1, 0.15) is 38.4 Å². The summed E-state index contributed by atoms with van der Waals surface area (Å²) in [4.78, 5) is 12.6. The number of nitrogens with zero attached hydrogens (tertiary/aromatic N) is 4. The number of nitrogens with one attached hydrogen (secondary N) is 1. The van der Waals surface area contributed by atoms with Crippen molar-refractivity contribution in [2.45, 2.75) is 39.2 Å². The number of aromatic nitrogens is 4. The molecule has 2 aromatic rings. The van der Waals surface area contributed by atoms with Gasteiger partial charge in [0.15, 0.2) is 17.3 Å². The number of imidazole rings is 1. The van der Waals surface area contributed by atoms with E-state index in [2.05, 4.69) is 26.4 Å². The Balaban J connectivity index is 1.80. The maximum Gasteiger partial charge on any atom is 0.196 e. The standard InChI is InChI=1S/C14H20N6/c1-9-2-4-10(5-3-9)7-20-8-18-13-11(20)6-17-14(19-13)12(15)16/h6,8-10H,2-5,7H2,1H3,(H3,15,16). The summed E-state index contributed by atoms with van der Waals surface area (Å²) in [5.41, 5.74) is 6.94. The lowest BCUT2D eigenvalue weighted by molar-refractivity contribution is 0.266. The van der Waals surface area contributed by atoms with Gasteiger partial charge in [-0.2, -0.15) is 0 Å². The molecule has 0 unspecified atom stereocenters. The van der Waals surface area contributed by atoms with Gasteiger partial charge in [-0.3, -0.25) is 5.41 Å². The molecule has 1 aliphatic rings. The van der Waals surface area contributed by atoms with E-state index in [-0.39, 0.29) is 11.7 Å². The van der Waals surface area contributed by atoms with E-state index in [1.165, 1.54) is 25.7 Å². The molecule has 6 heteroatoms. The summed E-state index contributed by atoms with van der Waals surface area (Å²) in [5, 5.41) is 7.36. The Morgan fingerprint density at radius 2 is 2.10 bits per heavy atom. The van der Waals surface area contributed by atoms with Crippen molar-refractivity contribution >= 4 is 17.0 Å². The highest BCUT2D eigenvalue weighted by atomic mass is 15.1.